The van der Waals surface area contributed by atoms with Gasteiger partial charge in [-0.25, -0.2) is 0 Å². The molecule has 5 rings (SSSR count). The second kappa shape index (κ2) is 5.78. The molecule has 1 aliphatic carbocycles. The lowest BCUT2D eigenvalue weighted by atomic mass is 9.89. The zero-order chi connectivity index (χ0) is 16.6. The molecule has 1 heteroatoms. The van der Waals surface area contributed by atoms with Crippen molar-refractivity contribution in [1.82, 2.24) is 0 Å². The zero-order valence-corrected chi connectivity index (χ0v) is 13.9. The third kappa shape index (κ3) is 2.49. The predicted molar refractivity (Wildman–Crippen MR) is 103 cm³/mol. The van der Waals surface area contributed by atoms with Gasteiger partial charge in [0.1, 0.15) is 11.9 Å². The van der Waals surface area contributed by atoms with Crippen molar-refractivity contribution in [2.24, 2.45) is 0 Å². The van der Waals surface area contributed by atoms with Gasteiger partial charge in [-0.05, 0) is 34.4 Å². The van der Waals surface area contributed by atoms with Crippen LogP contribution in [0.3, 0.4) is 0 Å². The quantitative estimate of drug-likeness (QED) is 0.563. The monoisotopic (exact) mass is 322 g/mol. The molecule has 0 amide bonds. The van der Waals surface area contributed by atoms with Gasteiger partial charge in [0, 0.05) is 17.6 Å². The van der Waals surface area contributed by atoms with E-state index in [1.165, 1.54) is 33.4 Å². The number of allylic oxidation sites excluding steroid dienone is 2. The van der Waals surface area contributed by atoms with Gasteiger partial charge >= 0.3 is 0 Å². The minimum atomic E-state index is 0.171. The third-order valence-corrected chi connectivity index (χ3v) is 5.00. The van der Waals surface area contributed by atoms with Gasteiger partial charge in [0.05, 0.1) is 0 Å². The predicted octanol–water partition coefficient (Wildman–Crippen LogP) is 5.99. The maximum Gasteiger partial charge on any atom is 0.128 e. The largest absolute Gasteiger partial charge is 0.485 e. The van der Waals surface area contributed by atoms with Crippen LogP contribution in [-0.4, -0.2) is 6.10 Å². The van der Waals surface area contributed by atoms with Crippen molar-refractivity contribution >= 4 is 11.1 Å². The van der Waals surface area contributed by atoms with E-state index in [0.717, 1.165) is 12.2 Å². The third-order valence-electron chi connectivity index (χ3n) is 5.00. The summed E-state index contributed by atoms with van der Waals surface area (Å²) in [6, 6.07) is 27.7. The fourth-order valence-corrected chi connectivity index (χ4v) is 3.69. The van der Waals surface area contributed by atoms with E-state index in [1.807, 2.05) is 6.07 Å². The number of ether oxygens (including phenoxy) is 1. The van der Waals surface area contributed by atoms with Crippen LogP contribution in [0.1, 0.15) is 17.5 Å². The highest BCUT2D eigenvalue weighted by molar-refractivity contribution is 5.90. The standard InChI is InChI=1S/C24H18O/c1-2-6-17(7-3-1)18-10-12-19(13-11-18)20-14-15-24-22(16-20)21-8-4-5-9-23(21)25-24/h1-14,16,24H,15H2. The lowest BCUT2D eigenvalue weighted by molar-refractivity contribution is 0.279. The maximum absolute atomic E-state index is 6.06. The van der Waals surface area contributed by atoms with Gasteiger partial charge in [-0.15, -0.1) is 0 Å². The first-order valence-electron chi connectivity index (χ1n) is 8.72. The van der Waals surface area contributed by atoms with Gasteiger partial charge in [0.15, 0.2) is 0 Å². The molecule has 120 valence electrons. The van der Waals surface area contributed by atoms with Crippen LogP contribution in [0.2, 0.25) is 0 Å². The molecule has 0 fully saturated rings. The van der Waals surface area contributed by atoms with Crippen LogP contribution in [0.5, 0.6) is 5.75 Å². The zero-order valence-electron chi connectivity index (χ0n) is 13.9. The molecule has 0 aromatic heterocycles. The first kappa shape index (κ1) is 14.3. The molecular formula is C24H18O. The van der Waals surface area contributed by atoms with Crippen molar-refractivity contribution in [3.8, 4) is 16.9 Å². The molecule has 1 heterocycles. The van der Waals surface area contributed by atoms with Crippen LogP contribution < -0.4 is 4.74 Å². The summed E-state index contributed by atoms with van der Waals surface area (Å²) in [6.07, 6.45) is 5.68. The smallest absolute Gasteiger partial charge is 0.128 e. The highest BCUT2D eigenvalue weighted by Crippen LogP contribution is 2.42. The van der Waals surface area contributed by atoms with Crippen LogP contribution in [0.25, 0.3) is 22.3 Å². The van der Waals surface area contributed by atoms with E-state index in [1.54, 1.807) is 0 Å². The molecule has 2 aliphatic rings. The Balaban J connectivity index is 1.48. The van der Waals surface area contributed by atoms with E-state index in [2.05, 4.69) is 84.9 Å². The number of para-hydroxylation sites is 1. The molecule has 1 nitrogen and oxygen atoms in total. The van der Waals surface area contributed by atoms with E-state index in [9.17, 15) is 0 Å². The summed E-state index contributed by atoms with van der Waals surface area (Å²) in [5, 5.41) is 0. The van der Waals surface area contributed by atoms with Crippen molar-refractivity contribution in [3.63, 3.8) is 0 Å². The molecule has 3 aromatic rings. The molecule has 0 N–H and O–H groups in total. The van der Waals surface area contributed by atoms with Gasteiger partial charge in [-0.1, -0.05) is 78.9 Å². The topological polar surface area (TPSA) is 9.23 Å². The normalized spacial score (nSPS) is 17.8. The van der Waals surface area contributed by atoms with Gasteiger partial charge < -0.3 is 4.74 Å². The number of benzene rings is 3. The number of rotatable bonds is 2. The summed E-state index contributed by atoms with van der Waals surface area (Å²) >= 11 is 0. The highest BCUT2D eigenvalue weighted by atomic mass is 16.5. The van der Waals surface area contributed by atoms with E-state index >= 15 is 0 Å². The van der Waals surface area contributed by atoms with Crippen LogP contribution in [0, 0.1) is 0 Å². The van der Waals surface area contributed by atoms with Gasteiger partial charge in [0.2, 0.25) is 0 Å². The SMILES string of the molecule is C1=C(c2ccc(-c3ccccc3)cc2)C=C2c3ccccc3OC2C1. The van der Waals surface area contributed by atoms with Gasteiger partial charge in [-0.3, -0.25) is 0 Å². The summed E-state index contributed by atoms with van der Waals surface area (Å²) in [6.45, 7) is 0. The van der Waals surface area contributed by atoms with Crippen molar-refractivity contribution in [2.45, 2.75) is 12.5 Å². The molecule has 0 radical (unpaired) electrons. The molecule has 0 spiro atoms. The highest BCUT2D eigenvalue weighted by Gasteiger charge is 2.29. The van der Waals surface area contributed by atoms with Gasteiger partial charge in [0.25, 0.3) is 0 Å². The summed E-state index contributed by atoms with van der Waals surface area (Å²) in [5.41, 5.74) is 7.59. The average Bonchev–Trinajstić information content (AvgIpc) is 3.07. The Labute approximate surface area is 147 Å². The lowest BCUT2D eigenvalue weighted by Gasteiger charge is -2.17. The number of hydrogen-bond donors (Lipinski definition) is 0. The van der Waals surface area contributed by atoms with Crippen molar-refractivity contribution in [3.05, 3.63) is 102 Å². The molecule has 1 atom stereocenters. The van der Waals surface area contributed by atoms with Gasteiger partial charge in [-0.2, -0.15) is 0 Å². The fourth-order valence-electron chi connectivity index (χ4n) is 3.69. The van der Waals surface area contributed by atoms with E-state index in [0.29, 0.717) is 0 Å². The fraction of sp³-hybridized carbons (Fsp3) is 0.0833. The average molecular weight is 322 g/mol. The summed E-state index contributed by atoms with van der Waals surface area (Å²) in [7, 11) is 0. The molecule has 0 bridgehead atoms. The molecule has 3 aromatic carbocycles. The Bertz CT molecular complexity index is 978. The minimum absolute atomic E-state index is 0.171. The van der Waals surface area contributed by atoms with Crippen LogP contribution in [0.15, 0.2) is 91.0 Å². The van der Waals surface area contributed by atoms with Crippen LogP contribution >= 0.6 is 0 Å². The number of hydrogen-bond acceptors (Lipinski definition) is 1. The maximum atomic E-state index is 6.06. The lowest BCUT2D eigenvalue weighted by Crippen LogP contribution is -2.13. The molecule has 1 unspecified atom stereocenters. The van der Waals surface area contributed by atoms with Crippen molar-refractivity contribution in [2.75, 3.05) is 0 Å². The van der Waals surface area contributed by atoms with Crippen molar-refractivity contribution < 1.29 is 4.74 Å². The van der Waals surface area contributed by atoms with Crippen LogP contribution in [-0.2, 0) is 0 Å². The van der Waals surface area contributed by atoms with Crippen molar-refractivity contribution in [1.29, 1.82) is 0 Å². The Morgan fingerprint density at radius 2 is 1.36 bits per heavy atom. The van der Waals surface area contributed by atoms with E-state index in [-0.39, 0.29) is 6.10 Å². The Kier molecular flexibility index (Phi) is 3.31. The second-order valence-corrected chi connectivity index (χ2v) is 6.54. The Morgan fingerprint density at radius 1 is 0.680 bits per heavy atom. The molecular weight excluding hydrogens is 304 g/mol. The summed E-state index contributed by atoms with van der Waals surface area (Å²) < 4.78 is 6.06. The van der Waals surface area contributed by atoms with Crippen LogP contribution in [0.4, 0.5) is 0 Å². The first-order valence-corrected chi connectivity index (χ1v) is 8.72. The summed E-state index contributed by atoms with van der Waals surface area (Å²) in [5.74, 6) is 1.01. The molecule has 25 heavy (non-hydrogen) atoms. The molecule has 1 aliphatic heterocycles. The molecule has 0 saturated heterocycles. The Hall–Kier alpha value is -3.06. The molecule has 0 saturated carbocycles. The van der Waals surface area contributed by atoms with E-state index in [4.69, 9.17) is 4.74 Å². The Morgan fingerprint density at radius 3 is 2.20 bits per heavy atom. The summed E-state index contributed by atoms with van der Waals surface area (Å²) in [4.78, 5) is 0. The minimum Gasteiger partial charge on any atom is -0.485 e. The number of fused-ring (bicyclic) bond motifs is 3. The first-order chi connectivity index (χ1) is 12.4. The van der Waals surface area contributed by atoms with E-state index < -0.39 is 0 Å². The second-order valence-electron chi connectivity index (χ2n) is 6.54.